The molecular formula is C73H50N2O2. The van der Waals surface area contributed by atoms with Gasteiger partial charge in [-0.1, -0.05) is 218 Å². The Morgan fingerprint density at radius 2 is 0.545 bits per heavy atom. The molecule has 0 amide bonds. The molecule has 1 spiro atoms. The molecule has 364 valence electrons. The summed E-state index contributed by atoms with van der Waals surface area (Å²) in [6.07, 6.45) is 0. The fraction of sp³-hybridized carbons (Fsp3) is 0.0137. The zero-order valence-electron chi connectivity index (χ0n) is 42.1. The van der Waals surface area contributed by atoms with Crippen LogP contribution in [-0.4, -0.2) is 0 Å². The first kappa shape index (κ1) is 45.5. The van der Waals surface area contributed by atoms with Crippen LogP contribution in [0.4, 0.5) is 34.1 Å². The van der Waals surface area contributed by atoms with Crippen LogP contribution in [0.25, 0.3) is 44.5 Å². The van der Waals surface area contributed by atoms with Crippen LogP contribution in [0.5, 0.6) is 23.0 Å². The molecule has 14 rings (SSSR count). The van der Waals surface area contributed by atoms with Crippen molar-refractivity contribution in [3.8, 4) is 67.5 Å². The molecular weight excluding hydrogens is 937 g/mol. The molecule has 0 saturated heterocycles. The molecule has 0 N–H and O–H groups in total. The lowest BCUT2D eigenvalue weighted by Crippen LogP contribution is -2.38. The Kier molecular flexibility index (Phi) is 11.4. The lowest BCUT2D eigenvalue weighted by Gasteiger charge is -2.46. The third-order valence-corrected chi connectivity index (χ3v) is 15.1. The summed E-state index contributed by atoms with van der Waals surface area (Å²) in [5.74, 6) is 3.10. The van der Waals surface area contributed by atoms with Gasteiger partial charge in [-0.2, -0.15) is 0 Å². The summed E-state index contributed by atoms with van der Waals surface area (Å²) in [6, 6.07) is 108. The van der Waals surface area contributed by atoms with Gasteiger partial charge in [0, 0.05) is 56.8 Å². The van der Waals surface area contributed by atoms with Crippen LogP contribution in [-0.2, 0) is 5.41 Å². The molecule has 12 aromatic rings. The molecule has 0 aromatic heterocycles. The number of ether oxygens (including phenoxy) is 2. The molecule has 0 saturated carbocycles. The lowest BCUT2D eigenvalue weighted by molar-refractivity contribution is 0.400. The maximum atomic E-state index is 7.30. The average molecular weight is 987 g/mol. The Hall–Kier alpha value is -10.2. The molecule has 2 aliphatic heterocycles. The van der Waals surface area contributed by atoms with Gasteiger partial charge in [0.15, 0.2) is 0 Å². The molecule has 0 fully saturated rings. The highest BCUT2D eigenvalue weighted by Crippen LogP contribution is 2.64. The van der Waals surface area contributed by atoms with Crippen molar-refractivity contribution in [3.05, 3.63) is 326 Å². The van der Waals surface area contributed by atoms with E-state index in [1.54, 1.807) is 0 Å². The van der Waals surface area contributed by atoms with E-state index in [1.165, 1.54) is 0 Å². The van der Waals surface area contributed by atoms with E-state index in [1.807, 2.05) is 0 Å². The van der Waals surface area contributed by atoms with Gasteiger partial charge in [0.1, 0.15) is 23.0 Å². The Balaban J connectivity index is 1.02. The number of rotatable bonds is 10. The first-order valence-corrected chi connectivity index (χ1v) is 26.2. The monoisotopic (exact) mass is 986 g/mol. The van der Waals surface area contributed by atoms with Crippen molar-refractivity contribution >= 4 is 34.1 Å². The van der Waals surface area contributed by atoms with E-state index < -0.39 is 5.41 Å². The standard InChI is InChI=1S/C73H50N2O2/c1-5-22-51(23-6-1)55-30-17-34-59(46-55)74(60-35-18-31-56(47-60)52-24-7-2-8-25-52)63-44-45-66-71(50-63)77-69-42-16-14-39-65(69)73(66)64-38-13-15-41-68(64)76-70-43-21-40-67(72(70)73)75(61-36-19-32-57(48-61)53-26-9-3-10-27-53)62-37-20-33-58(49-62)54-28-11-4-12-29-54/h1-50H. The molecule has 2 heterocycles. The number of anilines is 6. The van der Waals surface area contributed by atoms with Crippen molar-refractivity contribution < 1.29 is 9.47 Å². The molecule has 77 heavy (non-hydrogen) atoms. The van der Waals surface area contributed by atoms with Crippen LogP contribution in [0.15, 0.2) is 303 Å². The van der Waals surface area contributed by atoms with Crippen LogP contribution in [0.2, 0.25) is 0 Å². The maximum Gasteiger partial charge on any atom is 0.134 e. The average Bonchev–Trinajstić information content (AvgIpc) is 3.69. The van der Waals surface area contributed by atoms with Gasteiger partial charge in [0.25, 0.3) is 0 Å². The van der Waals surface area contributed by atoms with Gasteiger partial charge in [-0.05, 0) is 123 Å². The third kappa shape index (κ3) is 8.03. The van der Waals surface area contributed by atoms with Crippen molar-refractivity contribution in [1.82, 2.24) is 0 Å². The first-order valence-electron chi connectivity index (χ1n) is 26.2. The van der Waals surface area contributed by atoms with Gasteiger partial charge in [-0.25, -0.2) is 0 Å². The fourth-order valence-electron chi connectivity index (χ4n) is 11.7. The van der Waals surface area contributed by atoms with Gasteiger partial charge in [-0.3, -0.25) is 0 Å². The van der Waals surface area contributed by atoms with Gasteiger partial charge in [-0.15, -0.1) is 0 Å². The number of benzene rings is 12. The molecule has 4 nitrogen and oxygen atoms in total. The SMILES string of the molecule is c1ccc(-c2cccc(N(c3cccc(-c4ccccc4)c3)c3ccc4c(c3)Oc3ccccc3C43c4ccccc4Oc4cccc(N(c5cccc(-c6ccccc6)c5)c5cccc(-c6ccccc6)c5)c43)c2)cc1. The predicted octanol–water partition coefficient (Wildman–Crippen LogP) is 19.9. The highest BCUT2D eigenvalue weighted by Gasteiger charge is 2.52. The molecule has 1 unspecified atom stereocenters. The summed E-state index contributed by atoms with van der Waals surface area (Å²) in [7, 11) is 0. The molecule has 0 bridgehead atoms. The van der Waals surface area contributed by atoms with Crippen molar-refractivity contribution in [2.24, 2.45) is 0 Å². The Morgan fingerprint density at radius 3 is 0.987 bits per heavy atom. The van der Waals surface area contributed by atoms with E-state index in [0.29, 0.717) is 0 Å². The Morgan fingerprint density at radius 1 is 0.221 bits per heavy atom. The van der Waals surface area contributed by atoms with Gasteiger partial charge < -0.3 is 19.3 Å². The van der Waals surface area contributed by atoms with E-state index in [9.17, 15) is 0 Å². The van der Waals surface area contributed by atoms with Crippen molar-refractivity contribution in [1.29, 1.82) is 0 Å². The van der Waals surface area contributed by atoms with Crippen LogP contribution < -0.4 is 19.3 Å². The third-order valence-electron chi connectivity index (χ3n) is 15.1. The van der Waals surface area contributed by atoms with Crippen LogP contribution in [0.3, 0.4) is 0 Å². The van der Waals surface area contributed by atoms with Gasteiger partial charge >= 0.3 is 0 Å². The summed E-state index contributed by atoms with van der Waals surface area (Å²) in [6.45, 7) is 0. The highest BCUT2D eigenvalue weighted by molar-refractivity contribution is 5.90. The molecule has 0 aliphatic carbocycles. The Labute approximate surface area is 449 Å². The molecule has 0 radical (unpaired) electrons. The molecule has 1 atom stereocenters. The van der Waals surface area contributed by atoms with Crippen LogP contribution in [0.1, 0.15) is 22.3 Å². The number of para-hydroxylation sites is 2. The molecule has 12 aromatic carbocycles. The van der Waals surface area contributed by atoms with E-state index >= 15 is 0 Å². The lowest BCUT2D eigenvalue weighted by atomic mass is 9.61. The molecule has 4 heteroatoms. The van der Waals surface area contributed by atoms with E-state index in [2.05, 4.69) is 313 Å². The zero-order valence-corrected chi connectivity index (χ0v) is 42.1. The summed E-state index contributed by atoms with van der Waals surface area (Å²) in [4.78, 5) is 4.78. The largest absolute Gasteiger partial charge is 0.457 e. The second-order valence-corrected chi connectivity index (χ2v) is 19.6. The van der Waals surface area contributed by atoms with Crippen molar-refractivity contribution in [2.45, 2.75) is 5.41 Å². The maximum absolute atomic E-state index is 7.30. The molecule has 2 aliphatic rings. The Bertz CT molecular complexity index is 3940. The van der Waals surface area contributed by atoms with Gasteiger partial charge in [0.05, 0.1) is 11.1 Å². The van der Waals surface area contributed by atoms with Crippen molar-refractivity contribution in [2.75, 3.05) is 9.80 Å². The minimum atomic E-state index is -0.929. The topological polar surface area (TPSA) is 24.9 Å². The van der Waals surface area contributed by atoms with E-state index in [4.69, 9.17) is 9.47 Å². The summed E-state index contributed by atoms with van der Waals surface area (Å²) >= 11 is 0. The fourth-order valence-corrected chi connectivity index (χ4v) is 11.7. The zero-order chi connectivity index (χ0) is 51.1. The normalized spacial score (nSPS) is 13.7. The quantitative estimate of drug-likeness (QED) is 0.136. The van der Waals surface area contributed by atoms with E-state index in [0.717, 1.165) is 124 Å². The summed E-state index contributed by atoms with van der Waals surface area (Å²) in [5, 5.41) is 0. The van der Waals surface area contributed by atoms with Crippen molar-refractivity contribution in [3.63, 3.8) is 0 Å². The van der Waals surface area contributed by atoms with Crippen LogP contribution >= 0.6 is 0 Å². The van der Waals surface area contributed by atoms with E-state index in [-0.39, 0.29) is 0 Å². The summed E-state index contributed by atoms with van der Waals surface area (Å²) in [5.41, 5.74) is 18.3. The highest BCUT2D eigenvalue weighted by atomic mass is 16.5. The predicted molar refractivity (Wildman–Crippen MR) is 316 cm³/mol. The van der Waals surface area contributed by atoms with Gasteiger partial charge in [0.2, 0.25) is 0 Å². The number of hydrogen-bond donors (Lipinski definition) is 0. The number of hydrogen-bond acceptors (Lipinski definition) is 4. The number of fused-ring (bicyclic) bond motifs is 8. The smallest absolute Gasteiger partial charge is 0.134 e. The minimum Gasteiger partial charge on any atom is -0.457 e. The second kappa shape index (κ2) is 19.3. The first-order chi connectivity index (χ1) is 38.2. The minimum absolute atomic E-state index is 0.755. The second-order valence-electron chi connectivity index (χ2n) is 19.6. The summed E-state index contributed by atoms with van der Waals surface area (Å²) < 4.78 is 14.5. The number of nitrogens with zero attached hydrogens (tertiary/aromatic N) is 2. The van der Waals surface area contributed by atoms with Crippen LogP contribution in [0, 0.1) is 0 Å².